The highest BCUT2D eigenvalue weighted by Crippen LogP contribution is 2.29. The van der Waals surface area contributed by atoms with Gasteiger partial charge in [-0.15, -0.1) is 0 Å². The van der Waals surface area contributed by atoms with E-state index in [1.807, 2.05) is 24.3 Å². The van der Waals surface area contributed by atoms with Gasteiger partial charge in [-0.3, -0.25) is 9.69 Å². The number of amides is 1. The lowest BCUT2D eigenvalue weighted by Gasteiger charge is -2.16. The van der Waals surface area contributed by atoms with Crippen LogP contribution in [0.2, 0.25) is 0 Å². The number of benzene rings is 1. The minimum atomic E-state index is -0.0577. The number of para-hydroxylation sites is 2. The Morgan fingerprint density at radius 1 is 1.12 bits per heavy atom. The van der Waals surface area contributed by atoms with E-state index in [1.165, 1.54) is 12.8 Å². The summed E-state index contributed by atoms with van der Waals surface area (Å²) in [4.78, 5) is 23.7. The first-order valence-electron chi connectivity index (χ1n) is 9.19. The molecule has 1 aliphatic heterocycles. The maximum atomic E-state index is 13.1. The predicted octanol–water partition coefficient (Wildman–Crippen LogP) is 3.41. The second-order valence-corrected chi connectivity index (χ2v) is 6.92. The molecule has 132 valence electrons. The summed E-state index contributed by atoms with van der Waals surface area (Å²) in [5, 5.41) is 0. The van der Waals surface area contributed by atoms with Crippen molar-refractivity contribution in [2.24, 2.45) is 0 Å². The Morgan fingerprint density at radius 2 is 1.96 bits per heavy atom. The number of aromatic nitrogens is 3. The first kappa shape index (κ1) is 15.4. The molecule has 1 fully saturated rings. The molecular weight excluding hydrogens is 328 g/mol. The van der Waals surface area contributed by atoms with E-state index < -0.39 is 0 Å². The van der Waals surface area contributed by atoms with Gasteiger partial charge in [0.25, 0.3) is 5.91 Å². The second-order valence-electron chi connectivity index (χ2n) is 6.92. The number of rotatable bonds is 3. The zero-order valence-electron chi connectivity index (χ0n) is 14.5. The SMILES string of the molecule is O=C(c1ccnc(OC2CCCC2)c1)N1CCn2c1nc1ccccc12. The van der Waals surface area contributed by atoms with Gasteiger partial charge < -0.3 is 9.30 Å². The van der Waals surface area contributed by atoms with E-state index in [9.17, 15) is 4.79 Å². The van der Waals surface area contributed by atoms with Crippen LogP contribution in [0.3, 0.4) is 0 Å². The lowest BCUT2D eigenvalue weighted by atomic mass is 10.2. The van der Waals surface area contributed by atoms with E-state index in [4.69, 9.17) is 4.74 Å². The molecule has 1 amide bonds. The van der Waals surface area contributed by atoms with Gasteiger partial charge in [-0.25, -0.2) is 9.97 Å². The second kappa shape index (κ2) is 6.12. The molecule has 1 aromatic carbocycles. The molecule has 5 rings (SSSR count). The number of imidazole rings is 1. The Hall–Kier alpha value is -2.89. The van der Waals surface area contributed by atoms with Crippen molar-refractivity contribution < 1.29 is 9.53 Å². The molecule has 1 saturated carbocycles. The zero-order chi connectivity index (χ0) is 17.5. The van der Waals surface area contributed by atoms with Crippen molar-refractivity contribution in [3.05, 3.63) is 48.2 Å². The minimum absolute atomic E-state index is 0.0577. The summed E-state index contributed by atoms with van der Waals surface area (Å²) in [6, 6.07) is 11.5. The first-order chi connectivity index (χ1) is 12.8. The largest absolute Gasteiger partial charge is 0.474 e. The van der Waals surface area contributed by atoms with Crippen LogP contribution in [-0.4, -0.2) is 33.1 Å². The molecule has 6 heteroatoms. The monoisotopic (exact) mass is 348 g/mol. The first-order valence-corrected chi connectivity index (χ1v) is 9.19. The molecule has 0 bridgehead atoms. The van der Waals surface area contributed by atoms with Crippen molar-refractivity contribution in [3.63, 3.8) is 0 Å². The van der Waals surface area contributed by atoms with Gasteiger partial charge in [-0.05, 0) is 43.9 Å². The average molecular weight is 348 g/mol. The fourth-order valence-corrected chi connectivity index (χ4v) is 3.92. The fraction of sp³-hybridized carbons (Fsp3) is 0.350. The van der Waals surface area contributed by atoms with E-state index in [-0.39, 0.29) is 12.0 Å². The third kappa shape index (κ3) is 2.53. The number of carbonyl (C=O) groups excluding carboxylic acids is 1. The predicted molar refractivity (Wildman–Crippen MR) is 98.5 cm³/mol. The Kier molecular flexibility index (Phi) is 3.62. The highest BCUT2D eigenvalue weighted by Gasteiger charge is 2.29. The Balaban J connectivity index is 1.42. The Bertz CT molecular complexity index is 975. The molecule has 3 aromatic rings. The van der Waals surface area contributed by atoms with Crippen LogP contribution in [0, 0.1) is 0 Å². The normalized spacial score (nSPS) is 17.0. The third-order valence-electron chi connectivity index (χ3n) is 5.24. The number of pyridine rings is 1. The molecule has 0 atom stereocenters. The van der Waals surface area contributed by atoms with Crippen LogP contribution < -0.4 is 9.64 Å². The van der Waals surface area contributed by atoms with Gasteiger partial charge in [0.05, 0.1) is 11.0 Å². The Labute approximate surface area is 151 Å². The summed E-state index contributed by atoms with van der Waals surface area (Å²) in [5.74, 6) is 1.19. The number of anilines is 1. The van der Waals surface area contributed by atoms with Crippen LogP contribution in [-0.2, 0) is 6.54 Å². The molecule has 0 spiro atoms. The summed E-state index contributed by atoms with van der Waals surface area (Å²) >= 11 is 0. The highest BCUT2D eigenvalue weighted by atomic mass is 16.5. The van der Waals surface area contributed by atoms with Crippen LogP contribution >= 0.6 is 0 Å². The molecular formula is C20H20N4O2. The number of hydrogen-bond donors (Lipinski definition) is 0. The van der Waals surface area contributed by atoms with E-state index in [0.717, 1.165) is 30.4 Å². The molecule has 26 heavy (non-hydrogen) atoms. The van der Waals surface area contributed by atoms with Crippen LogP contribution in [0.1, 0.15) is 36.0 Å². The molecule has 3 heterocycles. The third-order valence-corrected chi connectivity index (χ3v) is 5.24. The molecule has 0 saturated heterocycles. The molecule has 6 nitrogen and oxygen atoms in total. The lowest BCUT2D eigenvalue weighted by molar-refractivity contribution is 0.0987. The fourth-order valence-electron chi connectivity index (χ4n) is 3.92. The van der Waals surface area contributed by atoms with Crippen molar-refractivity contribution in [3.8, 4) is 5.88 Å². The smallest absolute Gasteiger partial charge is 0.260 e. The molecule has 0 unspecified atom stereocenters. The zero-order valence-corrected chi connectivity index (χ0v) is 14.5. The maximum absolute atomic E-state index is 13.1. The van der Waals surface area contributed by atoms with Crippen molar-refractivity contribution in [1.82, 2.24) is 14.5 Å². The Morgan fingerprint density at radius 3 is 2.85 bits per heavy atom. The standard InChI is InChI=1S/C20H20N4O2/c25-19(14-9-10-21-18(13-14)26-15-5-1-2-6-15)24-12-11-23-17-8-4-3-7-16(17)22-20(23)24/h3-4,7-10,13,15H,1-2,5-6,11-12H2. The molecule has 2 aliphatic rings. The van der Waals surface area contributed by atoms with Crippen molar-refractivity contribution in [1.29, 1.82) is 0 Å². The molecule has 0 N–H and O–H groups in total. The number of fused-ring (bicyclic) bond motifs is 3. The highest BCUT2D eigenvalue weighted by molar-refractivity contribution is 6.06. The number of ether oxygens (including phenoxy) is 1. The van der Waals surface area contributed by atoms with Crippen LogP contribution in [0.25, 0.3) is 11.0 Å². The quantitative estimate of drug-likeness (QED) is 0.728. The van der Waals surface area contributed by atoms with Crippen LogP contribution in [0.4, 0.5) is 5.95 Å². The lowest BCUT2D eigenvalue weighted by Crippen LogP contribution is -2.29. The van der Waals surface area contributed by atoms with Crippen molar-refractivity contribution in [2.75, 3.05) is 11.4 Å². The van der Waals surface area contributed by atoms with E-state index in [0.29, 0.717) is 23.9 Å². The van der Waals surface area contributed by atoms with Crippen LogP contribution in [0.5, 0.6) is 5.88 Å². The van der Waals surface area contributed by atoms with Gasteiger partial charge >= 0.3 is 0 Å². The molecule has 1 aliphatic carbocycles. The van der Waals surface area contributed by atoms with Gasteiger partial charge in [0.1, 0.15) is 6.10 Å². The average Bonchev–Trinajstić information content (AvgIpc) is 3.38. The van der Waals surface area contributed by atoms with Gasteiger partial charge in [-0.2, -0.15) is 0 Å². The van der Waals surface area contributed by atoms with Crippen LogP contribution in [0.15, 0.2) is 42.6 Å². The summed E-state index contributed by atoms with van der Waals surface area (Å²) < 4.78 is 8.05. The molecule has 0 radical (unpaired) electrons. The van der Waals surface area contributed by atoms with Crippen molar-refractivity contribution >= 4 is 22.9 Å². The van der Waals surface area contributed by atoms with Gasteiger partial charge in [0.15, 0.2) is 0 Å². The summed E-state index contributed by atoms with van der Waals surface area (Å²) in [5.41, 5.74) is 2.58. The number of carbonyl (C=O) groups is 1. The summed E-state index contributed by atoms with van der Waals surface area (Å²) in [6.07, 6.45) is 6.41. The van der Waals surface area contributed by atoms with E-state index in [1.54, 1.807) is 23.2 Å². The van der Waals surface area contributed by atoms with E-state index >= 15 is 0 Å². The molecule has 2 aromatic heterocycles. The topological polar surface area (TPSA) is 60.2 Å². The summed E-state index contributed by atoms with van der Waals surface area (Å²) in [7, 11) is 0. The maximum Gasteiger partial charge on any atom is 0.260 e. The van der Waals surface area contributed by atoms with Gasteiger partial charge in [-0.1, -0.05) is 12.1 Å². The summed E-state index contributed by atoms with van der Waals surface area (Å²) in [6.45, 7) is 1.39. The minimum Gasteiger partial charge on any atom is -0.474 e. The van der Waals surface area contributed by atoms with E-state index in [2.05, 4.69) is 14.5 Å². The number of hydrogen-bond acceptors (Lipinski definition) is 4. The van der Waals surface area contributed by atoms with Gasteiger partial charge in [0, 0.05) is 30.9 Å². The number of nitrogens with zero attached hydrogens (tertiary/aromatic N) is 4. The van der Waals surface area contributed by atoms with Gasteiger partial charge in [0.2, 0.25) is 11.8 Å². The van der Waals surface area contributed by atoms with Crippen molar-refractivity contribution in [2.45, 2.75) is 38.3 Å².